The predicted octanol–water partition coefficient (Wildman–Crippen LogP) is 1.75. The molecule has 2 rings (SSSR count). The zero-order valence-electron chi connectivity index (χ0n) is 11.5. The summed E-state index contributed by atoms with van der Waals surface area (Å²) in [5.41, 5.74) is 0.387. The van der Waals surface area contributed by atoms with Crippen molar-refractivity contribution in [1.29, 1.82) is 0 Å². The van der Waals surface area contributed by atoms with Crippen molar-refractivity contribution in [2.75, 3.05) is 32.1 Å². The van der Waals surface area contributed by atoms with E-state index in [1.807, 2.05) is 23.9 Å². The number of nitrogens with zero attached hydrogens (tertiary/aromatic N) is 3. The summed E-state index contributed by atoms with van der Waals surface area (Å²) in [4.78, 5) is 14.7. The molecule has 7 heteroatoms. The van der Waals surface area contributed by atoms with E-state index in [1.54, 1.807) is 12.1 Å². The van der Waals surface area contributed by atoms with Crippen LogP contribution in [0.1, 0.15) is 6.42 Å². The number of nitro groups is 1. The Hall–Kier alpha value is -1.37. The monoisotopic (exact) mass is 299 g/mol. The topological polar surface area (TPSA) is 69.8 Å². The molecule has 1 aromatic carbocycles. The highest BCUT2D eigenvalue weighted by molar-refractivity contribution is 6.33. The van der Waals surface area contributed by atoms with E-state index in [0.717, 1.165) is 6.54 Å². The molecule has 0 amide bonds. The molecule has 110 valence electrons. The molecule has 1 saturated heterocycles. The minimum atomic E-state index is -0.474. The van der Waals surface area contributed by atoms with Gasteiger partial charge < -0.3 is 14.9 Å². The number of halogens is 1. The third kappa shape index (κ3) is 3.03. The lowest BCUT2D eigenvalue weighted by atomic mass is 10.1. The Balaban J connectivity index is 2.39. The molecule has 0 saturated carbocycles. The smallest absolute Gasteiger partial charge is 0.310 e. The largest absolute Gasteiger partial charge is 0.391 e. The third-order valence-corrected chi connectivity index (χ3v) is 3.73. The number of hydrogen-bond acceptors (Lipinski definition) is 5. The lowest BCUT2D eigenvalue weighted by molar-refractivity contribution is -0.384. The van der Waals surface area contributed by atoms with Gasteiger partial charge in [0.1, 0.15) is 10.7 Å². The summed E-state index contributed by atoms with van der Waals surface area (Å²) in [6, 6.07) is 4.93. The molecule has 0 spiro atoms. The molecule has 1 N–H and O–H groups in total. The van der Waals surface area contributed by atoms with E-state index in [4.69, 9.17) is 11.6 Å². The number of nitro benzene ring substituents is 1. The zero-order chi connectivity index (χ0) is 14.9. The fourth-order valence-corrected chi connectivity index (χ4v) is 2.94. The quantitative estimate of drug-likeness (QED) is 0.677. The molecule has 0 aromatic heterocycles. The van der Waals surface area contributed by atoms with E-state index in [2.05, 4.69) is 0 Å². The first kappa shape index (κ1) is 15.0. The summed E-state index contributed by atoms with van der Waals surface area (Å²) in [5, 5.41) is 21.2. The fraction of sp³-hybridized carbons (Fsp3) is 0.538. The lowest BCUT2D eigenvalue weighted by Crippen LogP contribution is -2.37. The van der Waals surface area contributed by atoms with Crippen molar-refractivity contribution in [3.05, 3.63) is 33.3 Å². The molecule has 6 nitrogen and oxygen atoms in total. The first-order valence-electron chi connectivity index (χ1n) is 6.42. The second kappa shape index (κ2) is 5.95. The number of anilines is 1. The SMILES string of the molecule is CN(C)CC1CC(O)CN1c1cccc(Cl)c1[N+](=O)[O-]. The van der Waals surface area contributed by atoms with Crippen LogP contribution in [0.5, 0.6) is 0 Å². The highest BCUT2D eigenvalue weighted by atomic mass is 35.5. The van der Waals surface area contributed by atoms with Gasteiger partial charge >= 0.3 is 5.69 Å². The first-order valence-corrected chi connectivity index (χ1v) is 6.80. The molecule has 1 aromatic rings. The summed E-state index contributed by atoms with van der Waals surface area (Å²) in [6.45, 7) is 1.11. The summed E-state index contributed by atoms with van der Waals surface area (Å²) >= 11 is 5.95. The Kier molecular flexibility index (Phi) is 4.47. The van der Waals surface area contributed by atoms with Crippen LogP contribution in [0.2, 0.25) is 5.02 Å². The molecule has 1 aliphatic rings. The molecule has 20 heavy (non-hydrogen) atoms. The van der Waals surface area contributed by atoms with Gasteiger partial charge in [0.05, 0.1) is 11.0 Å². The maximum Gasteiger partial charge on any atom is 0.310 e. The molecule has 1 aliphatic heterocycles. The minimum absolute atomic E-state index is 0.0390. The molecule has 0 bridgehead atoms. The number of rotatable bonds is 4. The standard InChI is InChI=1S/C13H18ClN3O3/c1-15(2)7-9-6-10(18)8-16(9)12-5-3-4-11(14)13(12)17(19)20/h3-5,9-10,18H,6-8H2,1-2H3. The van der Waals surface area contributed by atoms with Crippen molar-refractivity contribution < 1.29 is 10.0 Å². The van der Waals surface area contributed by atoms with Gasteiger partial charge in [-0.1, -0.05) is 17.7 Å². The third-order valence-electron chi connectivity index (χ3n) is 3.43. The Morgan fingerprint density at radius 2 is 2.25 bits per heavy atom. The number of β-amino-alcohol motifs (C(OH)–C–C–N with tert-alkyl or cyclic N) is 1. The average molecular weight is 300 g/mol. The highest BCUT2D eigenvalue weighted by Gasteiger charge is 2.35. The Bertz CT molecular complexity index is 510. The van der Waals surface area contributed by atoms with Crippen LogP contribution in [-0.4, -0.2) is 54.3 Å². The van der Waals surface area contributed by atoms with Crippen LogP contribution in [0.3, 0.4) is 0 Å². The van der Waals surface area contributed by atoms with Crippen LogP contribution in [0.4, 0.5) is 11.4 Å². The van der Waals surface area contributed by atoms with Gasteiger partial charge in [0, 0.05) is 19.1 Å². The summed E-state index contributed by atoms with van der Waals surface area (Å²) in [6.07, 6.45) is 0.125. The van der Waals surface area contributed by atoms with Crippen molar-refractivity contribution in [1.82, 2.24) is 4.90 Å². The molecule has 2 atom stereocenters. The molecular formula is C13H18ClN3O3. The zero-order valence-corrected chi connectivity index (χ0v) is 12.2. The van der Waals surface area contributed by atoms with Crippen molar-refractivity contribution in [3.63, 3.8) is 0 Å². The van der Waals surface area contributed by atoms with Gasteiger partial charge in [-0.15, -0.1) is 0 Å². The number of para-hydroxylation sites is 1. The van der Waals surface area contributed by atoms with Crippen molar-refractivity contribution in [3.8, 4) is 0 Å². The van der Waals surface area contributed by atoms with E-state index >= 15 is 0 Å². The van der Waals surface area contributed by atoms with Gasteiger partial charge in [-0.25, -0.2) is 0 Å². The number of likely N-dealkylation sites (N-methyl/N-ethyl adjacent to an activating group) is 1. The molecule has 0 aliphatic carbocycles. The van der Waals surface area contributed by atoms with Crippen LogP contribution in [-0.2, 0) is 0 Å². The molecule has 0 radical (unpaired) electrons. The maximum atomic E-state index is 11.2. The van der Waals surface area contributed by atoms with Crippen LogP contribution < -0.4 is 4.90 Å². The summed E-state index contributed by atoms with van der Waals surface area (Å²) in [5.74, 6) is 0. The van der Waals surface area contributed by atoms with E-state index in [-0.39, 0.29) is 16.8 Å². The van der Waals surface area contributed by atoms with E-state index in [9.17, 15) is 15.2 Å². The van der Waals surface area contributed by atoms with Gasteiger partial charge in [0.2, 0.25) is 0 Å². The second-order valence-corrected chi connectivity index (χ2v) is 5.73. The van der Waals surface area contributed by atoms with Crippen LogP contribution in [0.15, 0.2) is 18.2 Å². The second-order valence-electron chi connectivity index (χ2n) is 5.32. The van der Waals surface area contributed by atoms with Crippen LogP contribution >= 0.6 is 11.6 Å². The maximum absolute atomic E-state index is 11.2. The summed E-state index contributed by atoms with van der Waals surface area (Å²) in [7, 11) is 3.88. The normalized spacial score (nSPS) is 22.6. The summed E-state index contributed by atoms with van der Waals surface area (Å²) < 4.78 is 0. The molecular weight excluding hydrogens is 282 g/mol. The first-order chi connectivity index (χ1) is 9.40. The minimum Gasteiger partial charge on any atom is -0.391 e. The predicted molar refractivity (Wildman–Crippen MR) is 78.4 cm³/mol. The van der Waals surface area contributed by atoms with E-state index in [1.165, 1.54) is 6.07 Å². The van der Waals surface area contributed by atoms with Crippen molar-refractivity contribution in [2.24, 2.45) is 0 Å². The van der Waals surface area contributed by atoms with Gasteiger partial charge in [-0.2, -0.15) is 0 Å². The number of hydrogen-bond donors (Lipinski definition) is 1. The Labute approximate surface area is 122 Å². The van der Waals surface area contributed by atoms with E-state index in [0.29, 0.717) is 18.7 Å². The Morgan fingerprint density at radius 3 is 2.85 bits per heavy atom. The lowest BCUT2D eigenvalue weighted by Gasteiger charge is -2.28. The Morgan fingerprint density at radius 1 is 1.55 bits per heavy atom. The van der Waals surface area contributed by atoms with Crippen LogP contribution in [0, 0.1) is 10.1 Å². The van der Waals surface area contributed by atoms with Gasteiger partial charge in [0.25, 0.3) is 0 Å². The molecule has 2 unspecified atom stereocenters. The van der Waals surface area contributed by atoms with Gasteiger partial charge in [-0.3, -0.25) is 10.1 Å². The van der Waals surface area contributed by atoms with Crippen LogP contribution in [0.25, 0.3) is 0 Å². The van der Waals surface area contributed by atoms with Crippen molar-refractivity contribution in [2.45, 2.75) is 18.6 Å². The van der Waals surface area contributed by atoms with Gasteiger partial charge in [0.15, 0.2) is 0 Å². The highest BCUT2D eigenvalue weighted by Crippen LogP contribution is 2.38. The molecule has 1 heterocycles. The fourth-order valence-electron chi connectivity index (χ4n) is 2.70. The number of benzene rings is 1. The molecule has 1 fully saturated rings. The number of aliphatic hydroxyl groups excluding tert-OH is 1. The number of aliphatic hydroxyl groups is 1. The van der Waals surface area contributed by atoms with Crippen molar-refractivity contribution >= 4 is 23.0 Å². The van der Waals surface area contributed by atoms with E-state index < -0.39 is 11.0 Å². The van der Waals surface area contributed by atoms with Gasteiger partial charge in [-0.05, 0) is 32.6 Å². The average Bonchev–Trinajstić information content (AvgIpc) is 2.68.